The molecule has 25 heavy (non-hydrogen) atoms. The summed E-state index contributed by atoms with van der Waals surface area (Å²) in [7, 11) is 1.86. The molecule has 1 fully saturated rings. The van der Waals surface area contributed by atoms with E-state index >= 15 is 0 Å². The molecule has 2 heterocycles. The number of rotatable bonds is 4. The zero-order valence-corrected chi connectivity index (χ0v) is 13.9. The first-order valence-corrected chi connectivity index (χ1v) is 8.15. The molecule has 0 bridgehead atoms. The number of aliphatic hydroxyl groups excluding tert-OH is 1. The number of benzene rings is 1. The van der Waals surface area contributed by atoms with Gasteiger partial charge in [-0.05, 0) is 11.6 Å². The minimum Gasteiger partial charge on any atom is -0.387 e. The molecule has 0 spiro atoms. The van der Waals surface area contributed by atoms with E-state index in [9.17, 15) is 18.3 Å². The van der Waals surface area contributed by atoms with Gasteiger partial charge in [0.1, 0.15) is 0 Å². The maximum Gasteiger partial charge on any atom is 0.416 e. The highest BCUT2D eigenvalue weighted by Crippen LogP contribution is 2.34. The Morgan fingerprint density at radius 2 is 1.84 bits per heavy atom. The lowest BCUT2D eigenvalue weighted by Crippen LogP contribution is -2.47. The summed E-state index contributed by atoms with van der Waals surface area (Å²) in [5.41, 5.74) is 0.200. The third-order valence-corrected chi connectivity index (χ3v) is 4.49. The van der Waals surface area contributed by atoms with Crippen molar-refractivity contribution in [3.8, 4) is 0 Å². The number of halogens is 3. The topological polar surface area (TPSA) is 44.5 Å². The Bertz CT molecular complexity index is 708. The molecule has 1 aliphatic rings. The van der Waals surface area contributed by atoms with E-state index in [1.807, 2.05) is 18.1 Å². The van der Waals surface area contributed by atoms with Crippen LogP contribution in [0.25, 0.3) is 0 Å². The Morgan fingerprint density at radius 3 is 2.44 bits per heavy atom. The summed E-state index contributed by atoms with van der Waals surface area (Å²) in [6.45, 7) is 3.05. The van der Waals surface area contributed by atoms with Crippen LogP contribution in [-0.4, -0.2) is 52.5 Å². The van der Waals surface area contributed by atoms with Gasteiger partial charge in [-0.15, -0.1) is 0 Å². The van der Waals surface area contributed by atoms with Crippen LogP contribution in [0.2, 0.25) is 0 Å². The second-order valence-corrected chi connectivity index (χ2v) is 6.26. The molecule has 1 aliphatic heterocycles. The molecular formula is C17H21F3N4O. The molecule has 1 saturated heterocycles. The second-order valence-electron chi connectivity index (χ2n) is 6.26. The van der Waals surface area contributed by atoms with E-state index in [2.05, 4.69) is 10.00 Å². The summed E-state index contributed by atoms with van der Waals surface area (Å²) < 4.78 is 41.0. The van der Waals surface area contributed by atoms with Crippen molar-refractivity contribution in [2.75, 3.05) is 37.6 Å². The van der Waals surface area contributed by atoms with Crippen molar-refractivity contribution >= 4 is 5.69 Å². The average Bonchev–Trinajstić information content (AvgIpc) is 3.01. The lowest BCUT2D eigenvalue weighted by molar-refractivity contribution is -0.139. The molecule has 1 aromatic carbocycles. The van der Waals surface area contributed by atoms with Gasteiger partial charge < -0.3 is 10.0 Å². The van der Waals surface area contributed by atoms with E-state index in [0.29, 0.717) is 13.1 Å². The molecular weight excluding hydrogens is 333 g/mol. The van der Waals surface area contributed by atoms with Gasteiger partial charge in [-0.25, -0.2) is 0 Å². The number of piperazine rings is 1. The van der Waals surface area contributed by atoms with Crippen molar-refractivity contribution < 1.29 is 18.3 Å². The molecule has 5 nitrogen and oxygen atoms in total. The summed E-state index contributed by atoms with van der Waals surface area (Å²) in [6.07, 6.45) is -1.90. The average molecular weight is 354 g/mol. The summed E-state index contributed by atoms with van der Waals surface area (Å²) >= 11 is 0. The van der Waals surface area contributed by atoms with E-state index in [-0.39, 0.29) is 12.1 Å². The highest BCUT2D eigenvalue weighted by Gasteiger charge is 2.35. The Morgan fingerprint density at radius 1 is 1.16 bits per heavy atom. The smallest absolute Gasteiger partial charge is 0.387 e. The Balaban J connectivity index is 1.61. The third-order valence-electron chi connectivity index (χ3n) is 4.49. The summed E-state index contributed by atoms with van der Waals surface area (Å²) in [4.78, 5) is 4.17. The summed E-state index contributed by atoms with van der Waals surface area (Å²) in [5, 5.41) is 14.5. The van der Waals surface area contributed by atoms with Gasteiger partial charge in [-0.1, -0.05) is 18.2 Å². The maximum atomic E-state index is 13.1. The van der Waals surface area contributed by atoms with Crippen LogP contribution in [-0.2, 0) is 13.2 Å². The minimum absolute atomic E-state index is 0.0651. The van der Waals surface area contributed by atoms with Gasteiger partial charge in [-0.2, -0.15) is 18.3 Å². The molecule has 8 heteroatoms. The lowest BCUT2D eigenvalue weighted by atomic mass is 10.0. The highest BCUT2D eigenvalue weighted by atomic mass is 19.4. The molecule has 0 aliphatic carbocycles. The van der Waals surface area contributed by atoms with Crippen LogP contribution in [0.15, 0.2) is 36.7 Å². The Kier molecular flexibility index (Phi) is 5.01. The normalized spacial score (nSPS) is 17.7. The van der Waals surface area contributed by atoms with Crippen molar-refractivity contribution in [3.63, 3.8) is 0 Å². The third kappa shape index (κ3) is 4.13. The fraction of sp³-hybridized carbons (Fsp3) is 0.471. The largest absolute Gasteiger partial charge is 0.416 e. The van der Waals surface area contributed by atoms with Gasteiger partial charge in [0.2, 0.25) is 0 Å². The number of anilines is 1. The summed E-state index contributed by atoms with van der Waals surface area (Å²) in [6, 6.07) is 5.22. The predicted molar refractivity (Wildman–Crippen MR) is 88.3 cm³/mol. The molecule has 0 amide bonds. The fourth-order valence-electron chi connectivity index (χ4n) is 3.15. The van der Waals surface area contributed by atoms with Crippen LogP contribution in [0.5, 0.6) is 0 Å². The number of hydrogen-bond donors (Lipinski definition) is 1. The number of nitrogens with zero attached hydrogens (tertiary/aromatic N) is 4. The molecule has 3 rings (SSSR count). The first-order valence-electron chi connectivity index (χ1n) is 8.15. The van der Waals surface area contributed by atoms with Crippen LogP contribution in [0.1, 0.15) is 17.2 Å². The standard InChI is InChI=1S/C17H21F3N4O/c1-22-11-13(10-21-22)24-8-6-23(7-9-24)12-16(25)14-4-2-3-5-15(14)17(18,19)20/h2-5,10-11,16,25H,6-9,12H2,1H3. The minimum atomic E-state index is -4.46. The molecule has 2 aromatic rings. The van der Waals surface area contributed by atoms with Gasteiger partial charge in [0.25, 0.3) is 0 Å². The number of aromatic nitrogens is 2. The molecule has 1 atom stereocenters. The van der Waals surface area contributed by atoms with Crippen molar-refractivity contribution in [2.24, 2.45) is 7.05 Å². The maximum absolute atomic E-state index is 13.1. The van der Waals surface area contributed by atoms with Crippen LogP contribution in [0, 0.1) is 0 Å². The van der Waals surface area contributed by atoms with E-state index in [1.54, 1.807) is 10.9 Å². The van der Waals surface area contributed by atoms with Gasteiger partial charge in [-0.3, -0.25) is 9.58 Å². The second kappa shape index (κ2) is 7.05. The number of alkyl halides is 3. The van der Waals surface area contributed by atoms with Crippen molar-refractivity contribution in [2.45, 2.75) is 12.3 Å². The summed E-state index contributed by atoms with van der Waals surface area (Å²) in [5.74, 6) is 0. The number of aryl methyl sites for hydroxylation is 1. The van der Waals surface area contributed by atoms with E-state index < -0.39 is 17.8 Å². The monoisotopic (exact) mass is 354 g/mol. The molecule has 0 saturated carbocycles. The molecule has 1 N–H and O–H groups in total. The number of aliphatic hydroxyl groups is 1. The Hall–Kier alpha value is -2.06. The zero-order chi connectivity index (χ0) is 18.0. The molecule has 1 aromatic heterocycles. The van der Waals surface area contributed by atoms with Crippen LogP contribution < -0.4 is 4.90 Å². The molecule has 1 unspecified atom stereocenters. The quantitative estimate of drug-likeness (QED) is 0.915. The number of β-amino-alcohol motifs (C(OH)–C–C–N with tert-alkyl or cyclic N) is 1. The fourth-order valence-corrected chi connectivity index (χ4v) is 3.15. The van der Waals surface area contributed by atoms with Crippen molar-refractivity contribution in [1.82, 2.24) is 14.7 Å². The zero-order valence-electron chi connectivity index (χ0n) is 13.9. The van der Waals surface area contributed by atoms with Gasteiger partial charge in [0.05, 0.1) is 23.6 Å². The van der Waals surface area contributed by atoms with Crippen LogP contribution >= 0.6 is 0 Å². The number of hydrogen-bond acceptors (Lipinski definition) is 4. The first-order chi connectivity index (χ1) is 11.8. The molecule has 0 radical (unpaired) electrons. The predicted octanol–water partition coefficient (Wildman–Crippen LogP) is 2.29. The SMILES string of the molecule is Cn1cc(N2CCN(CC(O)c3ccccc3C(F)(F)F)CC2)cn1. The highest BCUT2D eigenvalue weighted by molar-refractivity contribution is 5.42. The van der Waals surface area contributed by atoms with Gasteiger partial charge in [0.15, 0.2) is 0 Å². The van der Waals surface area contributed by atoms with Crippen molar-refractivity contribution in [3.05, 3.63) is 47.8 Å². The first kappa shape index (κ1) is 17.8. The van der Waals surface area contributed by atoms with Crippen LogP contribution in [0.3, 0.4) is 0 Å². The molecule has 136 valence electrons. The van der Waals surface area contributed by atoms with Gasteiger partial charge in [0, 0.05) is 46.0 Å². The van der Waals surface area contributed by atoms with Gasteiger partial charge >= 0.3 is 6.18 Å². The lowest BCUT2D eigenvalue weighted by Gasteiger charge is -2.36. The Labute approximate surface area is 144 Å². The van der Waals surface area contributed by atoms with Crippen LogP contribution in [0.4, 0.5) is 18.9 Å². The van der Waals surface area contributed by atoms with E-state index in [0.717, 1.165) is 24.8 Å². The van der Waals surface area contributed by atoms with E-state index in [1.165, 1.54) is 18.2 Å². The van der Waals surface area contributed by atoms with Crippen molar-refractivity contribution in [1.29, 1.82) is 0 Å². The van der Waals surface area contributed by atoms with E-state index in [4.69, 9.17) is 0 Å².